The van der Waals surface area contributed by atoms with Crippen LogP contribution in [0.5, 0.6) is 5.75 Å². The van der Waals surface area contributed by atoms with E-state index in [-0.39, 0.29) is 12.5 Å². The molecule has 1 aromatic heterocycles. The normalized spacial score (nSPS) is 10.2. The summed E-state index contributed by atoms with van der Waals surface area (Å²) < 4.78 is 6.18. The van der Waals surface area contributed by atoms with E-state index >= 15 is 0 Å². The number of nitrogens with zero attached hydrogens (tertiary/aromatic N) is 3. The number of benzene rings is 2. The Hall–Kier alpha value is -2.89. The molecule has 0 saturated heterocycles. The third-order valence-corrected chi connectivity index (χ3v) is 5.53. The highest BCUT2D eigenvalue weighted by molar-refractivity contribution is 8.00. The molecule has 0 unspecified atom stereocenters. The van der Waals surface area contributed by atoms with E-state index in [0.717, 1.165) is 10.1 Å². The second-order valence-corrected chi connectivity index (χ2v) is 7.82. The van der Waals surface area contributed by atoms with Gasteiger partial charge >= 0.3 is 0 Å². The Bertz CT molecular complexity index is 947. The summed E-state index contributed by atoms with van der Waals surface area (Å²) in [5.74, 6) is 1.01. The number of thioether (sulfide) groups is 1. The lowest BCUT2D eigenvalue weighted by Gasteiger charge is -2.05. The van der Waals surface area contributed by atoms with Gasteiger partial charge in [0.1, 0.15) is 5.75 Å². The zero-order chi connectivity index (χ0) is 19.1. The summed E-state index contributed by atoms with van der Waals surface area (Å²) in [5, 5.41) is 19.9. The molecule has 1 heterocycles. The van der Waals surface area contributed by atoms with Gasteiger partial charge in [0.2, 0.25) is 5.13 Å². The molecule has 0 aliphatic rings. The number of amides is 1. The lowest BCUT2D eigenvalue weighted by molar-refractivity contribution is -0.118. The van der Waals surface area contributed by atoms with Crippen molar-refractivity contribution in [1.82, 2.24) is 10.2 Å². The van der Waals surface area contributed by atoms with Crippen molar-refractivity contribution in [3.8, 4) is 11.8 Å². The van der Waals surface area contributed by atoms with Crippen molar-refractivity contribution in [1.29, 1.82) is 5.26 Å². The van der Waals surface area contributed by atoms with Crippen molar-refractivity contribution < 1.29 is 9.53 Å². The van der Waals surface area contributed by atoms with E-state index in [9.17, 15) is 4.79 Å². The second kappa shape index (κ2) is 9.16. The molecule has 1 N–H and O–H groups in total. The summed E-state index contributed by atoms with van der Waals surface area (Å²) in [6.45, 7) is 1.92. The lowest BCUT2D eigenvalue weighted by atomic mass is 10.2. The van der Waals surface area contributed by atoms with Gasteiger partial charge in [-0.3, -0.25) is 10.1 Å². The number of rotatable bonds is 7. The number of hydrogen-bond acceptors (Lipinski definition) is 7. The molecule has 27 heavy (non-hydrogen) atoms. The van der Waals surface area contributed by atoms with E-state index in [1.807, 2.05) is 6.07 Å². The molecule has 0 aliphatic heterocycles. The number of nitriles is 1. The average Bonchev–Trinajstić information content (AvgIpc) is 3.13. The molecule has 0 bridgehead atoms. The fourth-order valence-corrected chi connectivity index (χ4v) is 3.80. The predicted octanol–water partition coefficient (Wildman–Crippen LogP) is 4.03. The van der Waals surface area contributed by atoms with Crippen LogP contribution in [-0.2, 0) is 10.5 Å². The molecule has 0 aliphatic carbocycles. The highest BCUT2D eigenvalue weighted by Gasteiger charge is 2.10. The highest BCUT2D eigenvalue weighted by atomic mass is 32.2. The second-order valence-electron chi connectivity index (χ2n) is 5.62. The van der Waals surface area contributed by atoms with Gasteiger partial charge in [-0.25, -0.2) is 0 Å². The third kappa shape index (κ3) is 5.81. The van der Waals surface area contributed by atoms with Crippen LogP contribution in [0.4, 0.5) is 5.13 Å². The van der Waals surface area contributed by atoms with Crippen LogP contribution in [-0.4, -0.2) is 22.7 Å². The minimum Gasteiger partial charge on any atom is -0.484 e. The summed E-state index contributed by atoms with van der Waals surface area (Å²) in [6, 6.07) is 16.9. The van der Waals surface area contributed by atoms with Gasteiger partial charge in [-0.1, -0.05) is 52.9 Å². The van der Waals surface area contributed by atoms with E-state index in [2.05, 4.69) is 46.7 Å². The first-order valence-electron chi connectivity index (χ1n) is 8.07. The van der Waals surface area contributed by atoms with Gasteiger partial charge in [0.15, 0.2) is 10.9 Å². The maximum atomic E-state index is 12.0. The summed E-state index contributed by atoms with van der Waals surface area (Å²) in [7, 11) is 0. The van der Waals surface area contributed by atoms with Crippen LogP contribution in [0.2, 0.25) is 0 Å². The van der Waals surface area contributed by atoms with Gasteiger partial charge in [-0.2, -0.15) is 5.26 Å². The smallest absolute Gasteiger partial charge is 0.264 e. The largest absolute Gasteiger partial charge is 0.484 e. The molecular weight excluding hydrogens is 380 g/mol. The van der Waals surface area contributed by atoms with Crippen LogP contribution in [0.15, 0.2) is 52.9 Å². The molecule has 8 heteroatoms. The first-order chi connectivity index (χ1) is 13.1. The molecule has 0 radical (unpaired) electrons. The first kappa shape index (κ1) is 18.9. The number of ether oxygens (including phenoxy) is 1. The monoisotopic (exact) mass is 396 g/mol. The Labute approximate surface area is 165 Å². The van der Waals surface area contributed by atoms with E-state index in [1.165, 1.54) is 22.5 Å². The zero-order valence-electron chi connectivity index (χ0n) is 14.5. The Morgan fingerprint density at radius 3 is 2.63 bits per heavy atom. The topological polar surface area (TPSA) is 87.9 Å². The summed E-state index contributed by atoms with van der Waals surface area (Å²) in [5.41, 5.74) is 2.98. The summed E-state index contributed by atoms with van der Waals surface area (Å²) in [4.78, 5) is 12.0. The van der Waals surface area contributed by atoms with E-state index in [0.29, 0.717) is 16.4 Å². The predicted molar refractivity (Wildman–Crippen MR) is 106 cm³/mol. The summed E-state index contributed by atoms with van der Waals surface area (Å²) >= 11 is 2.90. The molecular formula is C19H16N4O2S2. The standard InChI is InChI=1S/C19H16N4O2S2/c1-13-2-4-15(5-3-13)12-26-19-23-22-18(27-19)21-17(24)11-25-16-8-6-14(10-20)7-9-16/h2-9H,11-12H2,1H3,(H,21,22,24). The highest BCUT2D eigenvalue weighted by Crippen LogP contribution is 2.28. The molecule has 3 aromatic rings. The van der Waals surface area contributed by atoms with Crippen LogP contribution in [0.25, 0.3) is 0 Å². The van der Waals surface area contributed by atoms with Crippen LogP contribution in [0.3, 0.4) is 0 Å². The van der Waals surface area contributed by atoms with E-state index in [4.69, 9.17) is 10.00 Å². The third-order valence-electron chi connectivity index (χ3n) is 3.49. The molecule has 2 aromatic carbocycles. The number of aryl methyl sites for hydroxylation is 1. The van der Waals surface area contributed by atoms with Crippen LogP contribution in [0.1, 0.15) is 16.7 Å². The van der Waals surface area contributed by atoms with Crippen LogP contribution < -0.4 is 10.1 Å². The van der Waals surface area contributed by atoms with Crippen molar-refractivity contribution in [2.24, 2.45) is 0 Å². The van der Waals surface area contributed by atoms with Gasteiger partial charge < -0.3 is 4.74 Å². The molecule has 0 atom stereocenters. The number of hydrogen-bond donors (Lipinski definition) is 1. The quantitative estimate of drug-likeness (QED) is 0.479. The SMILES string of the molecule is Cc1ccc(CSc2nnc(NC(=O)COc3ccc(C#N)cc3)s2)cc1. The Kier molecular flexibility index (Phi) is 6.41. The van der Waals surface area contributed by atoms with Crippen molar-refractivity contribution in [3.63, 3.8) is 0 Å². The maximum Gasteiger partial charge on any atom is 0.264 e. The van der Waals surface area contributed by atoms with Gasteiger partial charge in [0.25, 0.3) is 5.91 Å². The van der Waals surface area contributed by atoms with Crippen LogP contribution >= 0.6 is 23.1 Å². The van der Waals surface area contributed by atoms with Crippen molar-refractivity contribution >= 4 is 34.1 Å². The Balaban J connectivity index is 1.45. The van der Waals surface area contributed by atoms with Crippen LogP contribution in [0, 0.1) is 18.3 Å². The van der Waals surface area contributed by atoms with Crippen molar-refractivity contribution in [2.75, 3.05) is 11.9 Å². The van der Waals surface area contributed by atoms with E-state index < -0.39 is 0 Å². The molecule has 1 amide bonds. The number of nitrogens with one attached hydrogen (secondary N) is 1. The first-order valence-corrected chi connectivity index (χ1v) is 9.87. The molecule has 0 spiro atoms. The van der Waals surface area contributed by atoms with Crippen molar-refractivity contribution in [2.45, 2.75) is 17.0 Å². The molecule has 6 nitrogen and oxygen atoms in total. The van der Waals surface area contributed by atoms with Gasteiger partial charge in [-0.05, 0) is 36.8 Å². The van der Waals surface area contributed by atoms with Gasteiger partial charge in [0, 0.05) is 5.75 Å². The Morgan fingerprint density at radius 2 is 1.93 bits per heavy atom. The van der Waals surface area contributed by atoms with E-state index in [1.54, 1.807) is 36.0 Å². The number of anilines is 1. The molecule has 136 valence electrons. The maximum absolute atomic E-state index is 12.0. The minimum absolute atomic E-state index is 0.142. The molecule has 3 rings (SSSR count). The van der Waals surface area contributed by atoms with Gasteiger partial charge in [-0.15, -0.1) is 10.2 Å². The zero-order valence-corrected chi connectivity index (χ0v) is 16.1. The number of aromatic nitrogens is 2. The number of carbonyl (C=O) groups excluding carboxylic acids is 1. The fourth-order valence-electron chi connectivity index (χ4n) is 2.08. The fraction of sp³-hybridized carbons (Fsp3) is 0.158. The average molecular weight is 396 g/mol. The molecule has 0 saturated carbocycles. The minimum atomic E-state index is -0.314. The summed E-state index contributed by atoms with van der Waals surface area (Å²) in [6.07, 6.45) is 0. The number of carbonyl (C=O) groups is 1. The molecule has 0 fully saturated rings. The lowest BCUT2D eigenvalue weighted by Crippen LogP contribution is -2.20. The van der Waals surface area contributed by atoms with Gasteiger partial charge in [0.05, 0.1) is 11.6 Å². The Morgan fingerprint density at radius 1 is 1.19 bits per heavy atom. The van der Waals surface area contributed by atoms with Crippen molar-refractivity contribution in [3.05, 3.63) is 65.2 Å².